The number of hydrogen-bond donors (Lipinski definition) is 0. The molecule has 1 aliphatic heterocycles. The van der Waals surface area contributed by atoms with E-state index in [-0.39, 0.29) is 10.7 Å². The Bertz CT molecular complexity index is 1210. The number of halogens is 1. The molecule has 2 aromatic carbocycles. The zero-order chi connectivity index (χ0) is 21.8. The molecule has 0 N–H and O–H groups in total. The molecule has 31 heavy (non-hydrogen) atoms. The monoisotopic (exact) mass is 441 g/mol. The minimum absolute atomic E-state index is 0.135. The lowest BCUT2D eigenvalue weighted by molar-refractivity contribution is 0.0730. The van der Waals surface area contributed by atoms with Crippen molar-refractivity contribution in [3.05, 3.63) is 83.9 Å². The molecule has 1 fully saturated rings. The van der Waals surface area contributed by atoms with Gasteiger partial charge in [0.05, 0.1) is 23.7 Å². The summed E-state index contributed by atoms with van der Waals surface area (Å²) < 4.78 is 51.3. The normalized spacial score (nSPS) is 15.4. The number of hydrogen-bond acceptors (Lipinski definition) is 5. The van der Waals surface area contributed by atoms with Crippen LogP contribution in [0, 0.1) is 5.82 Å². The molecular formula is C23H20FNO5S. The Labute approximate surface area is 179 Å². The van der Waals surface area contributed by atoms with Gasteiger partial charge in [0.1, 0.15) is 17.3 Å². The number of rotatable bonds is 6. The highest BCUT2D eigenvalue weighted by atomic mass is 32.2. The van der Waals surface area contributed by atoms with Crippen LogP contribution in [0.2, 0.25) is 0 Å². The first-order valence-corrected chi connectivity index (χ1v) is 11.1. The second-order valence-electron chi connectivity index (χ2n) is 6.92. The highest BCUT2D eigenvalue weighted by Crippen LogP contribution is 2.25. The van der Waals surface area contributed by atoms with Gasteiger partial charge in [0.15, 0.2) is 5.78 Å². The SMILES string of the molecule is O=C(/C=C/c1ccc(-c2ccccc2F)o1)c1ccc(S(=O)(=O)N2CCOCC2)cc1. The third-order valence-electron chi connectivity index (χ3n) is 4.91. The van der Waals surface area contributed by atoms with Crippen molar-refractivity contribution >= 4 is 21.9 Å². The van der Waals surface area contributed by atoms with E-state index >= 15 is 0 Å². The standard InChI is InChI=1S/C23H20FNO5S/c24-21-4-2-1-3-20(21)23-12-8-18(30-23)7-11-22(26)17-5-9-19(10-6-17)31(27,28)25-13-15-29-16-14-25/h1-12H,13-16H2/b11-7+. The Hall–Kier alpha value is -3.07. The van der Waals surface area contributed by atoms with Gasteiger partial charge in [-0.15, -0.1) is 0 Å². The second-order valence-corrected chi connectivity index (χ2v) is 8.86. The molecule has 1 aromatic heterocycles. The van der Waals surface area contributed by atoms with Gasteiger partial charge in [0, 0.05) is 18.7 Å². The van der Waals surface area contributed by atoms with Crippen LogP contribution < -0.4 is 0 Å². The maximum atomic E-state index is 13.9. The van der Waals surface area contributed by atoms with Crippen LogP contribution >= 0.6 is 0 Å². The summed E-state index contributed by atoms with van der Waals surface area (Å²) in [5, 5.41) is 0. The van der Waals surface area contributed by atoms with Crippen molar-refractivity contribution in [1.29, 1.82) is 0 Å². The highest BCUT2D eigenvalue weighted by Gasteiger charge is 2.26. The summed E-state index contributed by atoms with van der Waals surface area (Å²) in [6.45, 7) is 1.35. The third kappa shape index (κ3) is 4.66. The largest absolute Gasteiger partial charge is 0.457 e. The summed E-state index contributed by atoms with van der Waals surface area (Å²) in [5.41, 5.74) is 0.684. The van der Waals surface area contributed by atoms with Gasteiger partial charge in [0.25, 0.3) is 0 Å². The van der Waals surface area contributed by atoms with E-state index in [4.69, 9.17) is 9.15 Å². The van der Waals surface area contributed by atoms with Gasteiger partial charge < -0.3 is 9.15 Å². The summed E-state index contributed by atoms with van der Waals surface area (Å²) in [6.07, 6.45) is 2.82. The molecule has 0 spiro atoms. The predicted molar refractivity (Wildman–Crippen MR) is 113 cm³/mol. The Morgan fingerprint density at radius 2 is 1.68 bits per heavy atom. The van der Waals surface area contributed by atoms with E-state index in [1.54, 1.807) is 30.3 Å². The summed E-state index contributed by atoms with van der Waals surface area (Å²) in [6, 6.07) is 15.3. The van der Waals surface area contributed by atoms with Crippen LogP contribution in [0.25, 0.3) is 17.4 Å². The Balaban J connectivity index is 1.46. The number of furan rings is 1. The fourth-order valence-electron chi connectivity index (χ4n) is 3.23. The van der Waals surface area contributed by atoms with Gasteiger partial charge in [-0.05, 0) is 60.7 Å². The molecule has 0 bridgehead atoms. The predicted octanol–water partition coefficient (Wildman–Crippen LogP) is 4.00. The summed E-state index contributed by atoms with van der Waals surface area (Å²) in [4.78, 5) is 12.6. The Kier molecular flexibility index (Phi) is 6.13. The van der Waals surface area contributed by atoms with E-state index in [0.29, 0.717) is 49.0 Å². The van der Waals surface area contributed by atoms with Crippen LogP contribution in [0.15, 0.2) is 76.1 Å². The van der Waals surface area contributed by atoms with Crippen LogP contribution in [0.5, 0.6) is 0 Å². The highest BCUT2D eigenvalue weighted by molar-refractivity contribution is 7.89. The topological polar surface area (TPSA) is 76.8 Å². The van der Waals surface area contributed by atoms with E-state index in [9.17, 15) is 17.6 Å². The van der Waals surface area contributed by atoms with Crippen molar-refractivity contribution in [2.75, 3.05) is 26.3 Å². The molecule has 1 aliphatic rings. The molecule has 3 aromatic rings. The lowest BCUT2D eigenvalue weighted by Crippen LogP contribution is -2.40. The molecule has 4 rings (SSSR count). The maximum absolute atomic E-state index is 13.9. The Morgan fingerprint density at radius 3 is 2.39 bits per heavy atom. The van der Waals surface area contributed by atoms with E-state index in [0.717, 1.165) is 0 Å². The average molecular weight is 441 g/mol. The van der Waals surface area contributed by atoms with Gasteiger partial charge in [-0.25, -0.2) is 12.8 Å². The number of nitrogens with zero attached hydrogens (tertiary/aromatic N) is 1. The molecule has 0 unspecified atom stereocenters. The number of carbonyl (C=O) groups excluding carboxylic acids is 1. The van der Waals surface area contributed by atoms with Crippen LogP contribution in [0.1, 0.15) is 16.1 Å². The number of allylic oxidation sites excluding steroid dienone is 1. The van der Waals surface area contributed by atoms with E-state index in [1.165, 1.54) is 46.8 Å². The number of benzene rings is 2. The van der Waals surface area contributed by atoms with Crippen molar-refractivity contribution in [2.45, 2.75) is 4.90 Å². The Morgan fingerprint density at radius 1 is 0.968 bits per heavy atom. The molecule has 0 aliphatic carbocycles. The number of ketones is 1. The lowest BCUT2D eigenvalue weighted by atomic mass is 10.1. The number of morpholine rings is 1. The zero-order valence-electron chi connectivity index (χ0n) is 16.5. The van der Waals surface area contributed by atoms with E-state index in [1.807, 2.05) is 0 Å². The van der Waals surface area contributed by atoms with Crippen molar-refractivity contribution in [3.63, 3.8) is 0 Å². The van der Waals surface area contributed by atoms with E-state index < -0.39 is 15.8 Å². The van der Waals surface area contributed by atoms with Crippen molar-refractivity contribution in [3.8, 4) is 11.3 Å². The molecule has 0 saturated carbocycles. The number of carbonyl (C=O) groups is 1. The molecule has 8 heteroatoms. The van der Waals surface area contributed by atoms with Gasteiger partial charge in [-0.3, -0.25) is 4.79 Å². The molecule has 0 amide bonds. The van der Waals surface area contributed by atoms with Crippen LogP contribution in [-0.4, -0.2) is 44.8 Å². The molecule has 2 heterocycles. The van der Waals surface area contributed by atoms with E-state index in [2.05, 4.69) is 0 Å². The van der Waals surface area contributed by atoms with Crippen molar-refractivity contribution in [1.82, 2.24) is 4.31 Å². The molecule has 0 atom stereocenters. The number of ether oxygens (including phenoxy) is 1. The fourth-order valence-corrected chi connectivity index (χ4v) is 4.64. The molecule has 1 saturated heterocycles. The average Bonchev–Trinajstić information content (AvgIpc) is 3.27. The minimum atomic E-state index is -3.61. The molecular weight excluding hydrogens is 421 g/mol. The first-order chi connectivity index (χ1) is 14.9. The summed E-state index contributed by atoms with van der Waals surface area (Å²) in [5.74, 6) is 0.0655. The molecule has 6 nitrogen and oxygen atoms in total. The summed E-state index contributed by atoms with van der Waals surface area (Å²) >= 11 is 0. The van der Waals surface area contributed by atoms with Crippen LogP contribution in [-0.2, 0) is 14.8 Å². The number of sulfonamides is 1. The fraction of sp³-hybridized carbons (Fsp3) is 0.174. The molecule has 0 radical (unpaired) electrons. The zero-order valence-corrected chi connectivity index (χ0v) is 17.3. The first kappa shape index (κ1) is 21.2. The van der Waals surface area contributed by atoms with Gasteiger partial charge in [-0.2, -0.15) is 4.31 Å². The van der Waals surface area contributed by atoms with Gasteiger partial charge in [0.2, 0.25) is 10.0 Å². The summed E-state index contributed by atoms with van der Waals surface area (Å²) in [7, 11) is -3.61. The van der Waals surface area contributed by atoms with Crippen LogP contribution in [0.3, 0.4) is 0 Å². The molecule has 160 valence electrons. The smallest absolute Gasteiger partial charge is 0.243 e. The third-order valence-corrected chi connectivity index (χ3v) is 6.82. The van der Waals surface area contributed by atoms with Gasteiger partial charge in [-0.1, -0.05) is 12.1 Å². The first-order valence-electron chi connectivity index (χ1n) is 9.70. The van der Waals surface area contributed by atoms with Crippen molar-refractivity contribution in [2.24, 2.45) is 0 Å². The maximum Gasteiger partial charge on any atom is 0.243 e. The van der Waals surface area contributed by atoms with Crippen LogP contribution in [0.4, 0.5) is 4.39 Å². The van der Waals surface area contributed by atoms with Gasteiger partial charge >= 0.3 is 0 Å². The lowest BCUT2D eigenvalue weighted by Gasteiger charge is -2.26. The van der Waals surface area contributed by atoms with Crippen molar-refractivity contribution < 1.29 is 26.8 Å². The second kappa shape index (κ2) is 8.97. The minimum Gasteiger partial charge on any atom is -0.457 e. The quantitative estimate of drug-likeness (QED) is 0.427.